The van der Waals surface area contributed by atoms with E-state index in [-0.39, 0.29) is 21.8 Å². The Balaban J connectivity index is 1.68. The van der Waals surface area contributed by atoms with E-state index in [1.165, 1.54) is 30.1 Å². The summed E-state index contributed by atoms with van der Waals surface area (Å²) in [6.07, 6.45) is 3.17. The van der Waals surface area contributed by atoms with Gasteiger partial charge in [0, 0.05) is 0 Å². The van der Waals surface area contributed by atoms with Gasteiger partial charge in [-0.05, 0) is 36.2 Å². The van der Waals surface area contributed by atoms with Gasteiger partial charge in [-0.3, -0.25) is 4.79 Å². The molecule has 0 bridgehead atoms. The molecule has 2 aromatic rings. The molecule has 146 valence electrons. The average Bonchev–Trinajstić information content (AvgIpc) is 3.02. The minimum absolute atomic E-state index is 0.0534. The first-order valence-electron chi connectivity index (χ1n) is 8.66. The molecule has 2 aromatic carbocycles. The first-order chi connectivity index (χ1) is 13.5. The van der Waals surface area contributed by atoms with Gasteiger partial charge in [0.1, 0.15) is 10.6 Å². The number of rotatable bonds is 7. The van der Waals surface area contributed by atoms with Crippen molar-refractivity contribution < 1.29 is 17.4 Å². The summed E-state index contributed by atoms with van der Waals surface area (Å²) in [4.78, 5) is 11.8. The SMILES string of the molecule is CCCC1S/C(=N\N=C\c2cccc(OS(=O)(=O)c3ccccc3)c2)NC1=O. The van der Waals surface area contributed by atoms with Crippen molar-refractivity contribution in [3.8, 4) is 5.75 Å². The molecule has 1 aliphatic rings. The number of hydrogen-bond acceptors (Lipinski definition) is 7. The Hall–Kier alpha value is -2.65. The van der Waals surface area contributed by atoms with Crippen LogP contribution in [0.5, 0.6) is 5.75 Å². The number of benzene rings is 2. The molecule has 28 heavy (non-hydrogen) atoms. The highest BCUT2D eigenvalue weighted by Gasteiger charge is 2.29. The second-order valence-electron chi connectivity index (χ2n) is 5.96. The van der Waals surface area contributed by atoms with Gasteiger partial charge in [-0.1, -0.05) is 55.4 Å². The Bertz CT molecular complexity index is 1000. The van der Waals surface area contributed by atoms with Crippen molar-refractivity contribution in [1.29, 1.82) is 0 Å². The number of amides is 1. The molecule has 1 atom stereocenters. The van der Waals surface area contributed by atoms with Crippen molar-refractivity contribution in [2.24, 2.45) is 10.2 Å². The molecule has 0 saturated carbocycles. The van der Waals surface area contributed by atoms with E-state index < -0.39 is 10.1 Å². The Kier molecular flexibility index (Phi) is 6.48. The summed E-state index contributed by atoms with van der Waals surface area (Å²) >= 11 is 1.36. The van der Waals surface area contributed by atoms with Gasteiger partial charge in [0.05, 0.1) is 11.5 Å². The normalized spacial score (nSPS) is 18.5. The third kappa shape index (κ3) is 5.20. The second-order valence-corrected chi connectivity index (χ2v) is 8.69. The van der Waals surface area contributed by atoms with Crippen LogP contribution in [0.25, 0.3) is 0 Å². The lowest BCUT2D eigenvalue weighted by Crippen LogP contribution is -2.24. The van der Waals surface area contributed by atoms with E-state index in [9.17, 15) is 13.2 Å². The van der Waals surface area contributed by atoms with Crippen LogP contribution in [0, 0.1) is 0 Å². The third-order valence-corrected chi connectivity index (χ3v) is 6.18. The maximum Gasteiger partial charge on any atom is 0.339 e. The molecule has 1 aliphatic heterocycles. The van der Waals surface area contributed by atoms with Gasteiger partial charge in [-0.15, -0.1) is 5.10 Å². The third-order valence-electron chi connectivity index (χ3n) is 3.78. The van der Waals surface area contributed by atoms with Gasteiger partial charge in [-0.25, -0.2) is 0 Å². The van der Waals surface area contributed by atoms with Gasteiger partial charge in [0.25, 0.3) is 0 Å². The van der Waals surface area contributed by atoms with Crippen LogP contribution in [0.1, 0.15) is 25.3 Å². The summed E-state index contributed by atoms with van der Waals surface area (Å²) in [6.45, 7) is 2.02. The minimum atomic E-state index is -3.90. The molecule has 7 nitrogen and oxygen atoms in total. The second kappa shape index (κ2) is 9.03. The number of thioether (sulfide) groups is 1. The highest BCUT2D eigenvalue weighted by atomic mass is 32.2. The number of nitrogens with one attached hydrogen (secondary N) is 1. The first-order valence-corrected chi connectivity index (χ1v) is 10.9. The molecule has 1 amide bonds. The molecule has 1 fully saturated rings. The zero-order valence-electron chi connectivity index (χ0n) is 15.1. The van der Waals surface area contributed by atoms with Crippen molar-refractivity contribution in [1.82, 2.24) is 5.32 Å². The van der Waals surface area contributed by atoms with Gasteiger partial charge >= 0.3 is 10.1 Å². The van der Waals surface area contributed by atoms with Crippen molar-refractivity contribution in [2.75, 3.05) is 0 Å². The lowest BCUT2D eigenvalue weighted by molar-refractivity contribution is -0.118. The maximum atomic E-state index is 12.3. The number of amidine groups is 1. The topological polar surface area (TPSA) is 97.2 Å². The van der Waals surface area contributed by atoms with Crippen molar-refractivity contribution >= 4 is 39.2 Å². The van der Waals surface area contributed by atoms with Crippen LogP contribution in [-0.4, -0.2) is 31.0 Å². The predicted molar refractivity (Wildman–Crippen MR) is 110 cm³/mol. The van der Waals surface area contributed by atoms with E-state index in [4.69, 9.17) is 4.18 Å². The van der Waals surface area contributed by atoms with E-state index in [1.807, 2.05) is 6.92 Å². The highest BCUT2D eigenvalue weighted by molar-refractivity contribution is 8.15. The highest BCUT2D eigenvalue weighted by Crippen LogP contribution is 2.23. The Morgan fingerprint density at radius 3 is 2.71 bits per heavy atom. The smallest absolute Gasteiger partial charge is 0.339 e. The van der Waals surface area contributed by atoms with Crippen LogP contribution in [0.4, 0.5) is 0 Å². The van der Waals surface area contributed by atoms with Crippen LogP contribution in [0.15, 0.2) is 69.7 Å². The van der Waals surface area contributed by atoms with Crippen LogP contribution < -0.4 is 9.50 Å². The number of nitrogens with zero attached hydrogens (tertiary/aromatic N) is 2. The largest absolute Gasteiger partial charge is 0.379 e. The van der Waals surface area contributed by atoms with E-state index in [2.05, 4.69) is 15.5 Å². The zero-order valence-corrected chi connectivity index (χ0v) is 16.7. The summed E-state index contributed by atoms with van der Waals surface area (Å²) in [5.41, 5.74) is 0.615. The summed E-state index contributed by atoms with van der Waals surface area (Å²) < 4.78 is 29.8. The van der Waals surface area contributed by atoms with Crippen LogP contribution >= 0.6 is 11.8 Å². The molecule has 1 saturated heterocycles. The predicted octanol–water partition coefficient (Wildman–Crippen LogP) is 3.18. The molecule has 0 aromatic heterocycles. The fraction of sp³-hybridized carbons (Fsp3) is 0.211. The summed E-state index contributed by atoms with van der Waals surface area (Å²) in [5.74, 6) is 0.120. The van der Waals surface area contributed by atoms with Crippen LogP contribution in [0.3, 0.4) is 0 Å². The Morgan fingerprint density at radius 2 is 1.96 bits per heavy atom. The maximum absolute atomic E-state index is 12.3. The molecule has 0 aliphatic carbocycles. The van der Waals surface area contributed by atoms with Gasteiger partial charge in [-0.2, -0.15) is 13.5 Å². The van der Waals surface area contributed by atoms with E-state index in [0.29, 0.717) is 10.7 Å². The van der Waals surface area contributed by atoms with Gasteiger partial charge in [0.15, 0.2) is 5.17 Å². The summed E-state index contributed by atoms with van der Waals surface area (Å²) in [5, 5.41) is 11.0. The molecule has 1 N–H and O–H groups in total. The Morgan fingerprint density at radius 1 is 1.18 bits per heavy atom. The number of hydrogen-bond donors (Lipinski definition) is 1. The summed E-state index contributed by atoms with van der Waals surface area (Å²) in [6, 6.07) is 14.4. The van der Waals surface area contributed by atoms with E-state index in [0.717, 1.165) is 12.8 Å². The quantitative estimate of drug-likeness (QED) is 0.424. The number of carbonyl (C=O) groups excluding carboxylic acids is 1. The van der Waals surface area contributed by atoms with E-state index >= 15 is 0 Å². The lowest BCUT2D eigenvalue weighted by Gasteiger charge is -2.07. The minimum Gasteiger partial charge on any atom is -0.379 e. The summed E-state index contributed by atoms with van der Waals surface area (Å²) in [7, 11) is -3.90. The average molecular weight is 418 g/mol. The van der Waals surface area contributed by atoms with Crippen LogP contribution in [0.2, 0.25) is 0 Å². The van der Waals surface area contributed by atoms with Crippen LogP contribution in [-0.2, 0) is 14.9 Å². The van der Waals surface area contributed by atoms with Gasteiger partial charge in [0.2, 0.25) is 5.91 Å². The fourth-order valence-corrected chi connectivity index (χ4v) is 4.45. The number of carbonyl (C=O) groups is 1. The molecule has 1 unspecified atom stereocenters. The molecule has 1 heterocycles. The lowest BCUT2D eigenvalue weighted by atomic mass is 10.2. The molecular weight excluding hydrogens is 398 g/mol. The molecule has 3 rings (SSSR count). The molecule has 9 heteroatoms. The van der Waals surface area contributed by atoms with Crippen molar-refractivity contribution in [3.05, 3.63) is 60.2 Å². The molecular formula is C19H19N3O4S2. The Labute approximate surface area is 168 Å². The standard InChI is InChI=1S/C19H19N3O4S2/c1-2-7-17-18(23)21-19(27-17)22-20-13-14-8-6-9-15(12-14)26-28(24,25)16-10-4-3-5-11-16/h3-6,8-13,17H,2,7H2,1H3,(H,21,22,23)/b20-13+. The molecule has 0 radical (unpaired) electrons. The van der Waals surface area contributed by atoms with Crippen molar-refractivity contribution in [2.45, 2.75) is 29.9 Å². The van der Waals surface area contributed by atoms with Gasteiger partial charge < -0.3 is 9.50 Å². The first kappa shape index (κ1) is 20.1. The molecule has 0 spiro atoms. The fourth-order valence-electron chi connectivity index (χ4n) is 2.46. The van der Waals surface area contributed by atoms with Crippen molar-refractivity contribution in [3.63, 3.8) is 0 Å². The van der Waals surface area contributed by atoms with E-state index in [1.54, 1.807) is 42.5 Å². The monoisotopic (exact) mass is 417 g/mol. The zero-order chi connectivity index (χ0) is 20.0.